The molecule has 0 bridgehead atoms. The number of halogens is 1. The number of hydrogen-bond donors (Lipinski definition) is 2. The number of hydrogen-bond acceptors (Lipinski definition) is 10. The van der Waals surface area contributed by atoms with Crippen LogP contribution >= 0.6 is 0 Å². The summed E-state index contributed by atoms with van der Waals surface area (Å²) in [6.45, 7) is 4.46. The van der Waals surface area contributed by atoms with Crippen molar-refractivity contribution >= 4 is 23.9 Å². The molecule has 0 unspecified atom stereocenters. The van der Waals surface area contributed by atoms with Gasteiger partial charge in [0.25, 0.3) is 0 Å². The molecule has 2 aromatic rings. The Hall–Kier alpha value is -3.81. The average molecular weight is 532 g/mol. The van der Waals surface area contributed by atoms with Crippen LogP contribution in [0, 0.1) is 0 Å². The van der Waals surface area contributed by atoms with Crippen molar-refractivity contribution in [3.05, 3.63) is 24.7 Å². The van der Waals surface area contributed by atoms with E-state index in [2.05, 4.69) is 30.6 Å². The molecule has 0 saturated carbocycles. The number of likely N-dealkylation sites (tertiary alicyclic amines) is 1. The van der Waals surface area contributed by atoms with E-state index >= 15 is 0 Å². The quantitative estimate of drug-likeness (QED) is 0.545. The number of piperidine rings is 2. The Morgan fingerprint density at radius 1 is 1.16 bits per heavy atom. The van der Waals surface area contributed by atoms with Crippen LogP contribution in [0.15, 0.2) is 24.7 Å². The van der Waals surface area contributed by atoms with Crippen LogP contribution in [0.1, 0.15) is 26.2 Å². The summed E-state index contributed by atoms with van der Waals surface area (Å²) in [7, 11) is 3.56. The van der Waals surface area contributed by atoms with E-state index in [1.807, 2.05) is 23.8 Å². The van der Waals surface area contributed by atoms with Crippen molar-refractivity contribution in [2.24, 2.45) is 0 Å². The van der Waals surface area contributed by atoms with Gasteiger partial charge in [-0.3, -0.25) is 5.32 Å². The van der Waals surface area contributed by atoms with Gasteiger partial charge in [-0.15, -0.1) is 0 Å². The topological polar surface area (TPSA) is 138 Å². The molecule has 2 saturated heterocycles. The molecule has 38 heavy (non-hydrogen) atoms. The van der Waals surface area contributed by atoms with Gasteiger partial charge in [-0.1, -0.05) is 0 Å². The van der Waals surface area contributed by atoms with Gasteiger partial charge in [-0.25, -0.2) is 28.9 Å². The average Bonchev–Trinajstić information content (AvgIpc) is 2.91. The first-order chi connectivity index (χ1) is 18.3. The Bertz CT molecular complexity index is 1090. The molecule has 2 N–H and O–H groups in total. The van der Waals surface area contributed by atoms with Crippen LogP contribution < -0.4 is 25.0 Å². The van der Waals surface area contributed by atoms with E-state index in [0.717, 1.165) is 12.8 Å². The first kappa shape index (κ1) is 27.2. The van der Waals surface area contributed by atoms with Crippen LogP contribution in [0.5, 0.6) is 11.8 Å². The van der Waals surface area contributed by atoms with Crippen molar-refractivity contribution in [2.45, 2.75) is 44.4 Å². The van der Waals surface area contributed by atoms with E-state index in [1.54, 1.807) is 11.9 Å². The summed E-state index contributed by atoms with van der Waals surface area (Å²) in [6.07, 6.45) is 4.60. The number of anilines is 2. The number of alkyl halides is 1. The van der Waals surface area contributed by atoms with E-state index in [-0.39, 0.29) is 24.5 Å². The van der Waals surface area contributed by atoms with Gasteiger partial charge in [0.2, 0.25) is 17.7 Å². The summed E-state index contributed by atoms with van der Waals surface area (Å²) in [5.74, 6) is 1.16. The fourth-order valence-electron chi connectivity index (χ4n) is 4.46. The SMILES string of the molecule is CCOc1cnc(NC(=O)N(C)[C@@H]2CCCN(c3nccc(OC(=O)N[C@H]4CCN(C)C[C@@H]4F)n3)C2)cn1. The molecule has 4 rings (SSSR count). The number of carbonyl (C=O) groups is 2. The van der Waals surface area contributed by atoms with E-state index in [1.165, 1.54) is 24.7 Å². The Balaban J connectivity index is 1.31. The molecule has 0 spiro atoms. The fraction of sp³-hybridized carbons (Fsp3) is 0.583. The zero-order valence-electron chi connectivity index (χ0n) is 21.8. The number of nitrogens with zero attached hydrogens (tertiary/aromatic N) is 7. The molecule has 2 aromatic heterocycles. The van der Waals surface area contributed by atoms with E-state index in [0.29, 0.717) is 50.3 Å². The largest absolute Gasteiger partial charge is 0.477 e. The highest BCUT2D eigenvalue weighted by molar-refractivity contribution is 5.88. The second-order valence-electron chi connectivity index (χ2n) is 9.36. The van der Waals surface area contributed by atoms with Gasteiger partial charge in [0.05, 0.1) is 31.1 Å². The highest BCUT2D eigenvalue weighted by Crippen LogP contribution is 2.22. The Morgan fingerprint density at radius 3 is 2.74 bits per heavy atom. The van der Waals surface area contributed by atoms with Gasteiger partial charge in [0.15, 0.2) is 5.82 Å². The summed E-state index contributed by atoms with van der Waals surface area (Å²) >= 11 is 0. The minimum atomic E-state index is -1.16. The molecule has 3 amide bonds. The minimum absolute atomic E-state index is 0.0677. The Labute approximate surface area is 220 Å². The van der Waals surface area contributed by atoms with Gasteiger partial charge >= 0.3 is 12.1 Å². The summed E-state index contributed by atoms with van der Waals surface area (Å²) in [4.78, 5) is 47.6. The Kier molecular flexibility index (Phi) is 9.05. The van der Waals surface area contributed by atoms with Gasteiger partial charge in [-0.05, 0) is 33.2 Å². The van der Waals surface area contributed by atoms with E-state index in [9.17, 15) is 14.0 Å². The highest BCUT2D eigenvalue weighted by Gasteiger charge is 2.30. The normalized spacial score (nSPS) is 21.9. The Morgan fingerprint density at radius 2 is 2.00 bits per heavy atom. The molecule has 3 atom stereocenters. The number of urea groups is 1. The number of ether oxygens (including phenoxy) is 2. The van der Waals surface area contributed by atoms with Gasteiger partial charge in [0.1, 0.15) is 6.17 Å². The van der Waals surface area contributed by atoms with Crippen molar-refractivity contribution in [2.75, 3.05) is 57.1 Å². The third-order valence-electron chi connectivity index (χ3n) is 6.57. The van der Waals surface area contributed by atoms with Crippen LogP contribution in [0.4, 0.5) is 25.7 Å². The summed E-state index contributed by atoms with van der Waals surface area (Å²) < 4.78 is 24.8. The van der Waals surface area contributed by atoms with Crippen LogP contribution in [0.25, 0.3) is 0 Å². The molecule has 2 fully saturated rings. The lowest BCUT2D eigenvalue weighted by atomic mass is 10.0. The third-order valence-corrected chi connectivity index (χ3v) is 6.57. The molecule has 2 aliphatic heterocycles. The maximum Gasteiger partial charge on any atom is 0.414 e. The first-order valence-electron chi connectivity index (χ1n) is 12.7. The number of likely N-dealkylation sites (N-methyl/N-ethyl adjacent to an activating group) is 1. The van der Waals surface area contributed by atoms with Crippen molar-refractivity contribution < 1.29 is 23.5 Å². The van der Waals surface area contributed by atoms with Gasteiger partial charge in [-0.2, -0.15) is 4.98 Å². The number of amides is 3. The minimum Gasteiger partial charge on any atom is -0.477 e. The van der Waals surface area contributed by atoms with Crippen LogP contribution in [0.3, 0.4) is 0 Å². The molecule has 4 heterocycles. The molecule has 0 aliphatic carbocycles. The summed E-state index contributed by atoms with van der Waals surface area (Å²) in [6, 6.07) is 0.453. The fourth-order valence-corrected chi connectivity index (χ4v) is 4.46. The lowest BCUT2D eigenvalue weighted by molar-refractivity contribution is 0.117. The number of nitrogens with one attached hydrogen (secondary N) is 2. The maximum absolute atomic E-state index is 14.2. The zero-order valence-corrected chi connectivity index (χ0v) is 21.8. The number of aromatic nitrogens is 4. The second kappa shape index (κ2) is 12.6. The lowest BCUT2D eigenvalue weighted by Crippen LogP contribution is -2.52. The molecule has 13 nitrogen and oxygen atoms in total. The van der Waals surface area contributed by atoms with Crippen molar-refractivity contribution in [3.8, 4) is 11.8 Å². The van der Waals surface area contributed by atoms with Gasteiger partial charge in [0, 0.05) is 45.5 Å². The van der Waals surface area contributed by atoms with Crippen molar-refractivity contribution in [3.63, 3.8) is 0 Å². The highest BCUT2D eigenvalue weighted by atomic mass is 19.1. The molecule has 14 heteroatoms. The van der Waals surface area contributed by atoms with Crippen LogP contribution in [-0.4, -0.2) is 107 Å². The number of rotatable bonds is 7. The molecule has 2 aliphatic rings. The number of carbonyl (C=O) groups excluding carboxylic acids is 2. The predicted molar refractivity (Wildman–Crippen MR) is 137 cm³/mol. The van der Waals surface area contributed by atoms with Crippen molar-refractivity contribution in [1.29, 1.82) is 0 Å². The predicted octanol–water partition coefficient (Wildman–Crippen LogP) is 1.93. The third kappa shape index (κ3) is 7.15. The molecular formula is C24H34FN9O4. The smallest absolute Gasteiger partial charge is 0.414 e. The second-order valence-corrected chi connectivity index (χ2v) is 9.36. The van der Waals surface area contributed by atoms with Crippen LogP contribution in [0.2, 0.25) is 0 Å². The van der Waals surface area contributed by atoms with Crippen LogP contribution in [-0.2, 0) is 0 Å². The van der Waals surface area contributed by atoms with E-state index < -0.39 is 18.3 Å². The molecular weight excluding hydrogens is 497 g/mol. The summed E-state index contributed by atoms with van der Waals surface area (Å²) in [5.41, 5.74) is 0. The molecule has 0 aromatic carbocycles. The molecule has 206 valence electrons. The molecule has 0 radical (unpaired) electrons. The standard InChI is InChI=1S/C24H34FN9O4/c1-4-37-21-13-27-19(12-28-21)30-23(35)33(3)16-6-5-10-34(14-16)22-26-9-7-20(31-22)38-24(36)29-18-8-11-32(2)15-17(18)25/h7,9,12-13,16-18H,4-6,8,10-11,14-15H2,1-3H3,(H,29,36)(H,27,30,35)/t16-,17+,18+/m1/s1. The first-order valence-corrected chi connectivity index (χ1v) is 12.7. The maximum atomic E-state index is 14.2. The summed E-state index contributed by atoms with van der Waals surface area (Å²) in [5, 5.41) is 5.34. The lowest BCUT2D eigenvalue weighted by Gasteiger charge is -2.37. The monoisotopic (exact) mass is 531 g/mol. The zero-order chi connectivity index (χ0) is 27.1. The van der Waals surface area contributed by atoms with E-state index in [4.69, 9.17) is 9.47 Å². The van der Waals surface area contributed by atoms with Gasteiger partial charge < -0.3 is 29.5 Å². The van der Waals surface area contributed by atoms with Crippen molar-refractivity contribution in [1.82, 2.24) is 35.1 Å².